The number of rotatable bonds is 3. The Balaban J connectivity index is 1.89. The zero-order valence-corrected chi connectivity index (χ0v) is 10.2. The van der Waals surface area contributed by atoms with Gasteiger partial charge in [0.1, 0.15) is 0 Å². The Hall–Kier alpha value is -1.55. The lowest BCUT2D eigenvalue weighted by Crippen LogP contribution is -2.26. The second kappa shape index (κ2) is 5.19. The summed E-state index contributed by atoms with van der Waals surface area (Å²) in [6, 6.07) is 6.28. The average molecular weight is 234 g/mol. The predicted octanol–water partition coefficient (Wildman–Crippen LogP) is 1.92. The van der Waals surface area contributed by atoms with Crippen LogP contribution in [-0.4, -0.2) is 12.2 Å². The van der Waals surface area contributed by atoms with E-state index >= 15 is 0 Å². The summed E-state index contributed by atoms with van der Waals surface area (Å²) in [5.74, 6) is 0. The molecule has 0 fully saturated rings. The molecule has 2 N–H and O–H groups in total. The highest BCUT2D eigenvalue weighted by Crippen LogP contribution is 2.16. The average Bonchev–Trinajstić information content (AvgIpc) is 2.72. The molecule has 1 aliphatic rings. The number of nitrogens with one attached hydrogen (secondary N) is 2. The summed E-state index contributed by atoms with van der Waals surface area (Å²) in [4.78, 5) is 11.3. The number of carbonyl (C=O) groups is 1. The van der Waals surface area contributed by atoms with Crippen LogP contribution in [-0.2, 0) is 24.4 Å². The van der Waals surface area contributed by atoms with Crippen molar-refractivity contribution in [2.45, 2.75) is 39.6 Å². The Morgan fingerprint density at radius 1 is 1.41 bits per heavy atom. The number of alkyl carbamates (subject to hydrolysis) is 1. The molecular formula is C13H18N2O2. The first kappa shape index (κ1) is 11.9. The number of ether oxygens (including phenoxy) is 1. The monoisotopic (exact) mass is 234 g/mol. The molecule has 1 heterocycles. The lowest BCUT2D eigenvalue weighted by atomic mass is 10.1. The van der Waals surface area contributed by atoms with Crippen molar-refractivity contribution in [2.24, 2.45) is 0 Å². The van der Waals surface area contributed by atoms with Gasteiger partial charge in [0.2, 0.25) is 0 Å². The van der Waals surface area contributed by atoms with Gasteiger partial charge < -0.3 is 15.4 Å². The van der Waals surface area contributed by atoms with Gasteiger partial charge >= 0.3 is 6.09 Å². The highest BCUT2D eigenvalue weighted by Gasteiger charge is 2.10. The quantitative estimate of drug-likeness (QED) is 0.840. The van der Waals surface area contributed by atoms with E-state index in [0.717, 1.165) is 18.7 Å². The van der Waals surface area contributed by atoms with Gasteiger partial charge in [-0.15, -0.1) is 0 Å². The minimum atomic E-state index is -0.362. The first-order chi connectivity index (χ1) is 8.15. The molecule has 1 aromatic carbocycles. The van der Waals surface area contributed by atoms with Gasteiger partial charge in [-0.05, 0) is 30.5 Å². The van der Waals surface area contributed by atoms with Crippen LogP contribution in [0.25, 0.3) is 0 Å². The first-order valence-corrected chi connectivity index (χ1v) is 5.91. The summed E-state index contributed by atoms with van der Waals surface area (Å²) < 4.78 is 5.00. The van der Waals surface area contributed by atoms with Crippen molar-refractivity contribution in [1.82, 2.24) is 10.6 Å². The van der Waals surface area contributed by atoms with Crippen molar-refractivity contribution in [1.29, 1.82) is 0 Å². The van der Waals surface area contributed by atoms with Crippen molar-refractivity contribution in [2.75, 3.05) is 0 Å². The maximum absolute atomic E-state index is 11.3. The molecule has 92 valence electrons. The van der Waals surface area contributed by atoms with Gasteiger partial charge in [0, 0.05) is 19.6 Å². The molecule has 1 aromatic rings. The molecule has 1 aliphatic heterocycles. The number of carbonyl (C=O) groups excluding carboxylic acids is 1. The highest BCUT2D eigenvalue weighted by atomic mass is 16.6. The molecule has 0 aromatic heterocycles. The standard InChI is InChI=1S/C13H18N2O2/c1-9(2)17-13(16)15-6-10-3-4-11-7-14-8-12(11)5-10/h3-5,9,14H,6-8H2,1-2H3,(H,15,16). The third-order valence-electron chi connectivity index (χ3n) is 2.68. The van der Waals surface area contributed by atoms with E-state index in [4.69, 9.17) is 4.74 Å². The minimum Gasteiger partial charge on any atom is -0.447 e. The first-order valence-electron chi connectivity index (χ1n) is 5.91. The smallest absolute Gasteiger partial charge is 0.407 e. The van der Waals surface area contributed by atoms with E-state index in [1.54, 1.807) is 0 Å². The number of hydrogen-bond acceptors (Lipinski definition) is 3. The van der Waals surface area contributed by atoms with Crippen LogP contribution in [0.2, 0.25) is 0 Å². The lowest BCUT2D eigenvalue weighted by Gasteiger charge is -2.10. The van der Waals surface area contributed by atoms with Gasteiger partial charge in [0.15, 0.2) is 0 Å². The van der Waals surface area contributed by atoms with Crippen LogP contribution in [0.4, 0.5) is 4.79 Å². The Morgan fingerprint density at radius 3 is 2.94 bits per heavy atom. The van der Waals surface area contributed by atoms with E-state index < -0.39 is 0 Å². The fraction of sp³-hybridized carbons (Fsp3) is 0.462. The van der Waals surface area contributed by atoms with Gasteiger partial charge in [-0.3, -0.25) is 0 Å². The Bertz CT molecular complexity index is 416. The largest absolute Gasteiger partial charge is 0.447 e. The minimum absolute atomic E-state index is 0.0841. The van der Waals surface area contributed by atoms with E-state index in [-0.39, 0.29) is 12.2 Å². The van der Waals surface area contributed by atoms with Crippen LogP contribution in [0.3, 0.4) is 0 Å². The zero-order chi connectivity index (χ0) is 12.3. The molecule has 0 unspecified atom stereocenters. The number of amides is 1. The topological polar surface area (TPSA) is 50.4 Å². The molecular weight excluding hydrogens is 216 g/mol. The van der Waals surface area contributed by atoms with Crippen molar-refractivity contribution < 1.29 is 9.53 Å². The highest BCUT2D eigenvalue weighted by molar-refractivity contribution is 5.67. The Morgan fingerprint density at radius 2 is 2.18 bits per heavy atom. The second-order valence-electron chi connectivity index (χ2n) is 4.51. The van der Waals surface area contributed by atoms with Gasteiger partial charge in [0.25, 0.3) is 0 Å². The third kappa shape index (κ3) is 3.20. The summed E-state index contributed by atoms with van der Waals surface area (Å²) >= 11 is 0. The fourth-order valence-electron chi connectivity index (χ4n) is 1.89. The van der Waals surface area contributed by atoms with E-state index in [1.807, 2.05) is 19.9 Å². The summed E-state index contributed by atoms with van der Waals surface area (Å²) in [6.45, 7) is 6.04. The van der Waals surface area contributed by atoms with E-state index in [2.05, 4.69) is 22.8 Å². The molecule has 1 amide bonds. The van der Waals surface area contributed by atoms with Gasteiger partial charge in [0.05, 0.1) is 6.10 Å². The SMILES string of the molecule is CC(C)OC(=O)NCc1ccc2c(c1)CNC2. The Labute approximate surface area is 101 Å². The molecule has 0 saturated carbocycles. The van der Waals surface area contributed by atoms with Gasteiger partial charge in [-0.2, -0.15) is 0 Å². The number of fused-ring (bicyclic) bond motifs is 1. The molecule has 0 bridgehead atoms. The molecule has 0 aliphatic carbocycles. The summed E-state index contributed by atoms with van der Waals surface area (Å²) in [6.07, 6.45) is -0.446. The number of benzene rings is 1. The molecule has 4 nitrogen and oxygen atoms in total. The zero-order valence-electron chi connectivity index (χ0n) is 10.2. The third-order valence-corrected chi connectivity index (χ3v) is 2.68. The maximum atomic E-state index is 11.3. The van der Waals surface area contributed by atoms with Crippen LogP contribution in [0, 0.1) is 0 Å². The van der Waals surface area contributed by atoms with Crippen LogP contribution >= 0.6 is 0 Å². The van der Waals surface area contributed by atoms with Crippen molar-refractivity contribution in [3.05, 3.63) is 34.9 Å². The Kier molecular flexibility index (Phi) is 3.64. The van der Waals surface area contributed by atoms with Crippen LogP contribution in [0.15, 0.2) is 18.2 Å². The fourth-order valence-corrected chi connectivity index (χ4v) is 1.89. The van der Waals surface area contributed by atoms with E-state index in [9.17, 15) is 4.79 Å². The summed E-state index contributed by atoms with van der Waals surface area (Å²) in [5, 5.41) is 6.03. The summed E-state index contributed by atoms with van der Waals surface area (Å²) in [5.41, 5.74) is 3.77. The van der Waals surface area contributed by atoms with Gasteiger partial charge in [-0.1, -0.05) is 18.2 Å². The molecule has 0 saturated heterocycles. The van der Waals surface area contributed by atoms with E-state index in [1.165, 1.54) is 11.1 Å². The van der Waals surface area contributed by atoms with Gasteiger partial charge in [-0.25, -0.2) is 4.79 Å². The predicted molar refractivity (Wildman–Crippen MR) is 65.4 cm³/mol. The molecule has 17 heavy (non-hydrogen) atoms. The molecule has 0 radical (unpaired) electrons. The van der Waals surface area contributed by atoms with Crippen molar-refractivity contribution in [3.8, 4) is 0 Å². The van der Waals surface area contributed by atoms with Crippen molar-refractivity contribution in [3.63, 3.8) is 0 Å². The number of hydrogen-bond donors (Lipinski definition) is 2. The van der Waals surface area contributed by atoms with Crippen LogP contribution in [0.1, 0.15) is 30.5 Å². The summed E-state index contributed by atoms with van der Waals surface area (Å²) in [7, 11) is 0. The maximum Gasteiger partial charge on any atom is 0.407 e. The molecule has 0 atom stereocenters. The molecule has 4 heteroatoms. The van der Waals surface area contributed by atoms with Crippen molar-refractivity contribution >= 4 is 6.09 Å². The normalized spacial score (nSPS) is 13.6. The lowest BCUT2D eigenvalue weighted by molar-refractivity contribution is 0.115. The molecule has 2 rings (SSSR count). The van der Waals surface area contributed by atoms with Crippen LogP contribution < -0.4 is 10.6 Å². The molecule has 0 spiro atoms. The second-order valence-corrected chi connectivity index (χ2v) is 4.51. The van der Waals surface area contributed by atoms with E-state index in [0.29, 0.717) is 6.54 Å². The van der Waals surface area contributed by atoms with Crippen LogP contribution in [0.5, 0.6) is 0 Å².